The summed E-state index contributed by atoms with van der Waals surface area (Å²) in [5.41, 5.74) is 25.3. The predicted molar refractivity (Wildman–Crippen MR) is 349 cm³/mol. The molecule has 0 atom stereocenters. The number of anilines is 6. The summed E-state index contributed by atoms with van der Waals surface area (Å²) in [7, 11) is 0. The first-order valence-corrected chi connectivity index (χ1v) is 29.4. The Morgan fingerprint density at radius 3 is 1.21 bits per heavy atom. The molecule has 0 aromatic heterocycles. The Kier molecular flexibility index (Phi) is 11.7. The molecule has 0 aliphatic carbocycles. The molecule has 4 heterocycles. The van der Waals surface area contributed by atoms with E-state index in [1.165, 1.54) is 49.6 Å². The standard InChI is InChI=1S/C76H70B2N2O2/c1-73(2,3)51-31-35-55(36-32-51)79-62-46-63-61(45-60(62)77-59-38-34-53(75(7,8)9)43-67(59)82-69-44-54(76(10,11)12)41-65(79)71(69)77)78-58-37-33-52(74(4,5)6)42-66(58)81-68-40-50(47-23-16-13-17-24-47)39-64(70(68)78)80(63)72-56(48-25-18-14-19-26-48)29-22-30-57(72)49-27-20-15-21-28-49/h13-46H,1-12H3. The maximum absolute atomic E-state index is 7.46. The van der Waals surface area contributed by atoms with Gasteiger partial charge >= 0.3 is 0 Å². The van der Waals surface area contributed by atoms with Crippen molar-refractivity contribution >= 4 is 80.3 Å². The highest BCUT2D eigenvalue weighted by atomic mass is 16.5. The van der Waals surface area contributed by atoms with E-state index in [0.29, 0.717) is 0 Å². The molecule has 6 heteroatoms. The summed E-state index contributed by atoms with van der Waals surface area (Å²) >= 11 is 0. The van der Waals surface area contributed by atoms with Gasteiger partial charge in [0, 0.05) is 39.6 Å². The lowest BCUT2D eigenvalue weighted by Gasteiger charge is -2.45. The lowest BCUT2D eigenvalue weighted by molar-refractivity contribution is 0.479. The average molecular weight is 1070 g/mol. The molecule has 10 aromatic carbocycles. The molecule has 0 N–H and O–H groups in total. The third kappa shape index (κ3) is 8.42. The topological polar surface area (TPSA) is 24.9 Å². The van der Waals surface area contributed by atoms with E-state index in [2.05, 4.69) is 299 Å². The number of fused-ring (bicyclic) bond motifs is 8. The van der Waals surface area contributed by atoms with Crippen molar-refractivity contribution in [1.82, 2.24) is 0 Å². The van der Waals surface area contributed by atoms with Gasteiger partial charge in [-0.25, -0.2) is 0 Å². The lowest BCUT2D eigenvalue weighted by atomic mass is 9.30. The van der Waals surface area contributed by atoms with E-state index in [9.17, 15) is 0 Å². The van der Waals surface area contributed by atoms with Gasteiger partial charge in [0.1, 0.15) is 23.0 Å². The molecule has 4 aliphatic rings. The minimum absolute atomic E-state index is 0.0289. The zero-order chi connectivity index (χ0) is 56.8. The predicted octanol–water partition coefficient (Wildman–Crippen LogP) is 16.7. The van der Waals surface area contributed by atoms with Gasteiger partial charge in [0.15, 0.2) is 0 Å². The second-order valence-corrected chi connectivity index (χ2v) is 27.4. The summed E-state index contributed by atoms with van der Waals surface area (Å²) < 4.78 is 14.8. The van der Waals surface area contributed by atoms with Gasteiger partial charge < -0.3 is 19.3 Å². The lowest BCUT2D eigenvalue weighted by Crippen LogP contribution is -2.64. The molecule has 0 spiro atoms. The number of rotatable bonds is 5. The molecule has 0 radical (unpaired) electrons. The Hall–Kier alpha value is -8.47. The van der Waals surface area contributed by atoms with Crippen LogP contribution in [0.4, 0.5) is 34.1 Å². The first kappa shape index (κ1) is 51.7. The van der Waals surface area contributed by atoms with Crippen molar-refractivity contribution in [1.29, 1.82) is 0 Å². The van der Waals surface area contributed by atoms with Gasteiger partial charge in [-0.1, -0.05) is 235 Å². The largest absolute Gasteiger partial charge is 0.458 e. The van der Waals surface area contributed by atoms with Crippen LogP contribution in [-0.4, -0.2) is 13.4 Å². The first-order chi connectivity index (χ1) is 39.2. The third-order valence-electron chi connectivity index (χ3n) is 17.8. The van der Waals surface area contributed by atoms with E-state index >= 15 is 0 Å². The molecular formula is C76H70B2N2O2. The molecule has 4 nitrogen and oxygen atoms in total. The van der Waals surface area contributed by atoms with E-state index in [1.54, 1.807) is 0 Å². The fourth-order valence-electron chi connectivity index (χ4n) is 13.3. The first-order valence-electron chi connectivity index (χ1n) is 29.4. The van der Waals surface area contributed by atoms with Crippen LogP contribution in [0.1, 0.15) is 105 Å². The molecule has 82 heavy (non-hydrogen) atoms. The average Bonchev–Trinajstić information content (AvgIpc) is 0.941. The number of hydrogen-bond donors (Lipinski definition) is 0. The van der Waals surface area contributed by atoms with Gasteiger partial charge in [0.25, 0.3) is 13.4 Å². The van der Waals surface area contributed by atoms with E-state index in [1.807, 2.05) is 0 Å². The van der Waals surface area contributed by atoms with Crippen LogP contribution < -0.4 is 52.1 Å². The second-order valence-electron chi connectivity index (χ2n) is 27.4. The van der Waals surface area contributed by atoms with Crippen molar-refractivity contribution in [3.05, 3.63) is 229 Å². The third-order valence-corrected chi connectivity index (χ3v) is 17.8. The molecule has 14 rings (SSSR count). The smallest absolute Gasteiger partial charge is 0.256 e. The highest BCUT2D eigenvalue weighted by Crippen LogP contribution is 2.52. The maximum atomic E-state index is 7.46. The zero-order valence-electron chi connectivity index (χ0n) is 49.5. The summed E-state index contributed by atoms with van der Waals surface area (Å²) in [4.78, 5) is 5.19. The number of ether oxygens (including phenoxy) is 2. The van der Waals surface area contributed by atoms with Crippen LogP contribution >= 0.6 is 0 Å². The van der Waals surface area contributed by atoms with Crippen molar-refractivity contribution in [2.75, 3.05) is 9.80 Å². The molecule has 4 aliphatic heterocycles. The fraction of sp³-hybridized carbons (Fsp3) is 0.211. The van der Waals surface area contributed by atoms with Gasteiger partial charge in [0.2, 0.25) is 0 Å². The molecular weight excluding hydrogens is 994 g/mol. The molecule has 402 valence electrons. The Bertz CT molecular complexity index is 4140. The van der Waals surface area contributed by atoms with E-state index in [0.717, 1.165) is 96.0 Å². The van der Waals surface area contributed by atoms with Crippen molar-refractivity contribution in [3.8, 4) is 56.4 Å². The minimum atomic E-state index is -0.181. The van der Waals surface area contributed by atoms with Crippen LogP contribution in [0.15, 0.2) is 206 Å². The zero-order valence-corrected chi connectivity index (χ0v) is 49.5. The van der Waals surface area contributed by atoms with Gasteiger partial charge in [-0.05, 0) is 154 Å². The number of hydrogen-bond acceptors (Lipinski definition) is 4. The molecule has 0 unspecified atom stereocenters. The van der Waals surface area contributed by atoms with Crippen LogP contribution in [0, 0.1) is 0 Å². The highest BCUT2D eigenvalue weighted by Gasteiger charge is 2.48. The number of nitrogens with zero attached hydrogens (tertiary/aromatic N) is 2. The Morgan fingerprint density at radius 2 is 0.720 bits per heavy atom. The quantitative estimate of drug-likeness (QED) is 0.160. The second kappa shape index (κ2) is 18.5. The fourth-order valence-corrected chi connectivity index (χ4v) is 13.3. The molecule has 10 aromatic rings. The van der Waals surface area contributed by atoms with Gasteiger partial charge in [0.05, 0.1) is 5.69 Å². The van der Waals surface area contributed by atoms with E-state index in [4.69, 9.17) is 9.47 Å². The minimum Gasteiger partial charge on any atom is -0.458 e. The molecule has 0 saturated carbocycles. The normalized spacial score (nSPS) is 14.0. The summed E-state index contributed by atoms with van der Waals surface area (Å²) in [6.45, 7) is 27.3. The van der Waals surface area contributed by atoms with Crippen LogP contribution in [0.2, 0.25) is 0 Å². The summed E-state index contributed by atoms with van der Waals surface area (Å²) in [5.74, 6) is 3.62. The highest BCUT2D eigenvalue weighted by molar-refractivity contribution is 7.02. The van der Waals surface area contributed by atoms with Gasteiger partial charge in [-0.15, -0.1) is 0 Å². The van der Waals surface area contributed by atoms with Gasteiger partial charge in [-0.2, -0.15) is 0 Å². The van der Waals surface area contributed by atoms with Crippen LogP contribution in [-0.2, 0) is 21.7 Å². The summed E-state index contributed by atoms with van der Waals surface area (Å²) in [6.07, 6.45) is 0. The SMILES string of the molecule is CC(C)(C)c1ccc(N2c3cc4c(cc3B3c5ccc(C(C)(C)C)cc5Oc5cc(C(C)(C)C)cc2c53)B2c3ccc(C(C)(C)C)cc3Oc3cc(-c5ccccc5)cc(c32)N4c2c(-c3ccccc3)cccc2-c2ccccc2)cc1. The number of para-hydroxylation sites is 1. The maximum Gasteiger partial charge on any atom is 0.256 e. The molecule has 0 fully saturated rings. The number of benzene rings is 10. The van der Waals surface area contributed by atoms with Crippen LogP contribution in [0.25, 0.3) is 33.4 Å². The van der Waals surface area contributed by atoms with E-state index in [-0.39, 0.29) is 35.1 Å². The van der Waals surface area contributed by atoms with Crippen LogP contribution in [0.5, 0.6) is 23.0 Å². The molecule has 0 amide bonds. The summed E-state index contributed by atoms with van der Waals surface area (Å²) in [6, 6.07) is 77.8. The van der Waals surface area contributed by atoms with Crippen molar-refractivity contribution < 1.29 is 9.47 Å². The van der Waals surface area contributed by atoms with Crippen molar-refractivity contribution in [3.63, 3.8) is 0 Å². The molecule has 0 bridgehead atoms. The Morgan fingerprint density at radius 1 is 0.293 bits per heavy atom. The Balaban J connectivity index is 1.16. The monoisotopic (exact) mass is 1060 g/mol. The molecule has 0 saturated heterocycles. The van der Waals surface area contributed by atoms with Crippen LogP contribution in [0.3, 0.4) is 0 Å². The summed E-state index contributed by atoms with van der Waals surface area (Å²) in [5, 5.41) is 0. The van der Waals surface area contributed by atoms with Crippen molar-refractivity contribution in [2.45, 2.75) is 105 Å². The van der Waals surface area contributed by atoms with Crippen molar-refractivity contribution in [2.24, 2.45) is 0 Å². The van der Waals surface area contributed by atoms with E-state index < -0.39 is 0 Å². The van der Waals surface area contributed by atoms with Gasteiger partial charge in [-0.3, -0.25) is 0 Å². The Labute approximate surface area is 486 Å².